The predicted molar refractivity (Wildman–Crippen MR) is 100 cm³/mol. The van der Waals surface area contributed by atoms with Gasteiger partial charge in [0.05, 0.1) is 6.61 Å². The van der Waals surface area contributed by atoms with Crippen molar-refractivity contribution in [2.45, 2.75) is 26.0 Å². The molecular weight excluding hydrogens is 344 g/mol. The van der Waals surface area contributed by atoms with Crippen molar-refractivity contribution in [2.75, 3.05) is 24.6 Å². The van der Waals surface area contributed by atoms with E-state index in [-0.39, 0.29) is 18.6 Å². The SMILES string of the molecule is Cc1nnc2c(N3CCC(NC(=O)COCc4ccccc4)C3)nccn12. The van der Waals surface area contributed by atoms with E-state index in [4.69, 9.17) is 4.74 Å². The van der Waals surface area contributed by atoms with Gasteiger partial charge < -0.3 is 15.0 Å². The first kappa shape index (κ1) is 17.4. The number of aromatic nitrogens is 4. The summed E-state index contributed by atoms with van der Waals surface area (Å²) in [5, 5.41) is 11.4. The second-order valence-corrected chi connectivity index (χ2v) is 6.67. The van der Waals surface area contributed by atoms with E-state index in [9.17, 15) is 4.79 Å². The molecule has 1 atom stereocenters. The smallest absolute Gasteiger partial charge is 0.246 e. The number of nitrogens with one attached hydrogen (secondary N) is 1. The first-order valence-electron chi connectivity index (χ1n) is 9.03. The molecule has 140 valence electrons. The quantitative estimate of drug-likeness (QED) is 0.709. The molecule has 0 aliphatic carbocycles. The minimum Gasteiger partial charge on any atom is -0.367 e. The third kappa shape index (κ3) is 3.90. The van der Waals surface area contributed by atoms with E-state index in [1.54, 1.807) is 6.20 Å². The molecule has 1 aliphatic rings. The number of carbonyl (C=O) groups is 1. The lowest BCUT2D eigenvalue weighted by atomic mass is 10.2. The molecule has 4 rings (SSSR count). The number of ether oxygens (including phenoxy) is 1. The Kier molecular flexibility index (Phi) is 4.97. The van der Waals surface area contributed by atoms with Crippen molar-refractivity contribution in [3.63, 3.8) is 0 Å². The second-order valence-electron chi connectivity index (χ2n) is 6.67. The van der Waals surface area contributed by atoms with Crippen LogP contribution in [0.3, 0.4) is 0 Å². The van der Waals surface area contributed by atoms with Gasteiger partial charge >= 0.3 is 0 Å². The zero-order valence-corrected chi connectivity index (χ0v) is 15.2. The Balaban J connectivity index is 1.30. The zero-order valence-electron chi connectivity index (χ0n) is 15.2. The number of aryl methyl sites for hydroxylation is 1. The van der Waals surface area contributed by atoms with Gasteiger partial charge in [-0.3, -0.25) is 9.20 Å². The van der Waals surface area contributed by atoms with Gasteiger partial charge in [-0.1, -0.05) is 30.3 Å². The maximum Gasteiger partial charge on any atom is 0.246 e. The van der Waals surface area contributed by atoms with Crippen LogP contribution in [0.5, 0.6) is 0 Å². The van der Waals surface area contributed by atoms with Gasteiger partial charge in [-0.05, 0) is 18.9 Å². The third-order valence-corrected chi connectivity index (χ3v) is 4.68. The molecule has 1 aliphatic heterocycles. The number of rotatable bonds is 6. The van der Waals surface area contributed by atoms with Crippen LogP contribution in [0.4, 0.5) is 5.82 Å². The lowest BCUT2D eigenvalue weighted by molar-refractivity contribution is -0.126. The molecule has 8 heteroatoms. The van der Waals surface area contributed by atoms with Gasteiger partial charge in [0, 0.05) is 31.5 Å². The summed E-state index contributed by atoms with van der Waals surface area (Å²) < 4.78 is 7.43. The van der Waals surface area contributed by atoms with E-state index in [1.807, 2.05) is 47.9 Å². The van der Waals surface area contributed by atoms with Crippen molar-refractivity contribution in [3.8, 4) is 0 Å². The van der Waals surface area contributed by atoms with E-state index in [1.165, 1.54) is 0 Å². The van der Waals surface area contributed by atoms with Crippen molar-refractivity contribution < 1.29 is 9.53 Å². The fourth-order valence-electron chi connectivity index (χ4n) is 3.33. The Morgan fingerprint density at radius 2 is 2.15 bits per heavy atom. The zero-order chi connectivity index (χ0) is 18.6. The molecule has 1 amide bonds. The first-order valence-corrected chi connectivity index (χ1v) is 9.03. The monoisotopic (exact) mass is 366 g/mol. The summed E-state index contributed by atoms with van der Waals surface area (Å²) in [6, 6.07) is 9.90. The van der Waals surface area contributed by atoms with Gasteiger partial charge in [0.25, 0.3) is 0 Å². The van der Waals surface area contributed by atoms with Gasteiger partial charge in [0.2, 0.25) is 11.6 Å². The maximum atomic E-state index is 12.2. The number of fused-ring (bicyclic) bond motifs is 1. The molecule has 1 aromatic carbocycles. The van der Waals surface area contributed by atoms with Crippen LogP contribution in [0.15, 0.2) is 42.7 Å². The summed E-state index contributed by atoms with van der Waals surface area (Å²) in [5.74, 6) is 1.53. The van der Waals surface area contributed by atoms with E-state index in [2.05, 4.69) is 25.4 Å². The van der Waals surface area contributed by atoms with Crippen LogP contribution >= 0.6 is 0 Å². The number of carbonyl (C=O) groups excluding carboxylic acids is 1. The normalized spacial score (nSPS) is 16.8. The third-order valence-electron chi connectivity index (χ3n) is 4.68. The Morgan fingerprint density at radius 1 is 1.30 bits per heavy atom. The Hall–Kier alpha value is -3.00. The number of hydrogen-bond acceptors (Lipinski definition) is 6. The molecule has 3 heterocycles. The molecule has 1 N–H and O–H groups in total. The Morgan fingerprint density at radius 3 is 3.00 bits per heavy atom. The molecule has 0 radical (unpaired) electrons. The van der Waals surface area contributed by atoms with Crippen LogP contribution in [-0.4, -0.2) is 51.2 Å². The Labute approximate surface area is 157 Å². The molecule has 1 fully saturated rings. The topological polar surface area (TPSA) is 84.7 Å². The highest BCUT2D eigenvalue weighted by atomic mass is 16.5. The van der Waals surface area contributed by atoms with Crippen molar-refractivity contribution in [1.29, 1.82) is 0 Å². The number of hydrogen-bond donors (Lipinski definition) is 1. The average Bonchev–Trinajstić information content (AvgIpc) is 3.30. The van der Waals surface area contributed by atoms with Crippen molar-refractivity contribution >= 4 is 17.4 Å². The molecule has 3 aromatic rings. The van der Waals surface area contributed by atoms with Crippen molar-refractivity contribution in [1.82, 2.24) is 24.9 Å². The Bertz CT molecular complexity index is 926. The minimum atomic E-state index is -0.0951. The molecule has 27 heavy (non-hydrogen) atoms. The highest BCUT2D eigenvalue weighted by Crippen LogP contribution is 2.22. The van der Waals surface area contributed by atoms with Crippen molar-refractivity contribution in [3.05, 3.63) is 54.1 Å². The standard InChI is InChI=1S/C19H22N6O2/c1-14-22-23-19-18(20-8-10-25(14)19)24-9-7-16(11-24)21-17(26)13-27-12-15-5-3-2-4-6-15/h2-6,8,10,16H,7,9,11-13H2,1H3,(H,21,26). The minimum absolute atomic E-state index is 0.0581. The summed E-state index contributed by atoms with van der Waals surface area (Å²) >= 11 is 0. The second kappa shape index (κ2) is 7.71. The largest absolute Gasteiger partial charge is 0.367 e. The summed E-state index contributed by atoms with van der Waals surface area (Å²) in [6.45, 7) is 3.91. The van der Waals surface area contributed by atoms with Gasteiger partial charge in [-0.2, -0.15) is 0 Å². The van der Waals surface area contributed by atoms with Gasteiger partial charge in [0.15, 0.2) is 5.82 Å². The number of benzene rings is 1. The first-order chi connectivity index (χ1) is 13.2. The van der Waals surface area contributed by atoms with Crippen molar-refractivity contribution in [2.24, 2.45) is 0 Å². The maximum absolute atomic E-state index is 12.2. The molecule has 8 nitrogen and oxygen atoms in total. The van der Waals surface area contributed by atoms with Crippen LogP contribution in [0.2, 0.25) is 0 Å². The van der Waals surface area contributed by atoms with Crippen LogP contribution in [-0.2, 0) is 16.1 Å². The summed E-state index contributed by atoms with van der Waals surface area (Å²) in [6.07, 6.45) is 4.47. The molecule has 1 saturated heterocycles. The fraction of sp³-hybridized carbons (Fsp3) is 0.368. The van der Waals surface area contributed by atoms with E-state index in [0.29, 0.717) is 13.2 Å². The summed E-state index contributed by atoms with van der Waals surface area (Å²) in [5.41, 5.74) is 1.80. The molecular formula is C19H22N6O2. The van der Waals surface area contributed by atoms with Gasteiger partial charge in [-0.15, -0.1) is 10.2 Å². The summed E-state index contributed by atoms with van der Waals surface area (Å²) in [7, 11) is 0. The lowest BCUT2D eigenvalue weighted by Crippen LogP contribution is -2.39. The van der Waals surface area contributed by atoms with E-state index >= 15 is 0 Å². The number of anilines is 1. The van der Waals surface area contributed by atoms with Crippen LogP contribution in [0, 0.1) is 6.92 Å². The molecule has 0 bridgehead atoms. The van der Waals surface area contributed by atoms with E-state index in [0.717, 1.165) is 35.8 Å². The molecule has 1 unspecified atom stereocenters. The van der Waals surface area contributed by atoms with Crippen LogP contribution in [0.25, 0.3) is 5.65 Å². The van der Waals surface area contributed by atoms with Crippen LogP contribution < -0.4 is 10.2 Å². The van der Waals surface area contributed by atoms with Crippen LogP contribution in [0.1, 0.15) is 17.8 Å². The number of amides is 1. The summed E-state index contributed by atoms with van der Waals surface area (Å²) in [4.78, 5) is 18.8. The van der Waals surface area contributed by atoms with Gasteiger partial charge in [0.1, 0.15) is 12.4 Å². The van der Waals surface area contributed by atoms with Gasteiger partial charge in [-0.25, -0.2) is 4.98 Å². The average molecular weight is 366 g/mol. The van der Waals surface area contributed by atoms with E-state index < -0.39 is 0 Å². The predicted octanol–water partition coefficient (Wildman–Crippen LogP) is 1.34. The highest BCUT2D eigenvalue weighted by molar-refractivity contribution is 5.77. The fourth-order valence-corrected chi connectivity index (χ4v) is 3.33. The lowest BCUT2D eigenvalue weighted by Gasteiger charge is -2.18. The highest BCUT2D eigenvalue weighted by Gasteiger charge is 2.27. The molecule has 2 aromatic heterocycles. The molecule has 0 saturated carbocycles. The number of nitrogens with zero attached hydrogens (tertiary/aromatic N) is 5. The molecule has 0 spiro atoms.